The van der Waals surface area contributed by atoms with Crippen LogP contribution in [0.1, 0.15) is 46.0 Å². The molecule has 1 aliphatic heterocycles. The maximum atomic E-state index is 3.59. The van der Waals surface area contributed by atoms with Crippen molar-refractivity contribution in [1.82, 2.24) is 10.2 Å². The number of nitrogens with one attached hydrogen (secondary N) is 1. The highest BCUT2D eigenvalue weighted by Gasteiger charge is 2.40. The molecule has 1 spiro atoms. The molecular formula is C12H24N2. The van der Waals surface area contributed by atoms with Crippen molar-refractivity contribution in [3.8, 4) is 0 Å². The summed E-state index contributed by atoms with van der Waals surface area (Å²) in [6, 6.07) is 0.718. The Morgan fingerprint density at radius 1 is 1.14 bits per heavy atom. The van der Waals surface area contributed by atoms with Gasteiger partial charge >= 0.3 is 0 Å². The van der Waals surface area contributed by atoms with E-state index in [1.165, 1.54) is 51.7 Å². The van der Waals surface area contributed by atoms with Crippen molar-refractivity contribution in [1.29, 1.82) is 0 Å². The van der Waals surface area contributed by atoms with E-state index in [1.807, 2.05) is 0 Å². The monoisotopic (exact) mass is 196 g/mol. The van der Waals surface area contributed by atoms with E-state index in [1.54, 1.807) is 0 Å². The summed E-state index contributed by atoms with van der Waals surface area (Å²) in [4.78, 5) is 2.75. The SMILES string of the molecule is CC(C)N1CCNCC12CCCCC2. The van der Waals surface area contributed by atoms with Gasteiger partial charge in [0.2, 0.25) is 0 Å². The summed E-state index contributed by atoms with van der Waals surface area (Å²) < 4.78 is 0. The summed E-state index contributed by atoms with van der Waals surface area (Å²) in [5, 5.41) is 3.59. The average Bonchev–Trinajstić information content (AvgIpc) is 2.19. The first-order valence-corrected chi connectivity index (χ1v) is 6.22. The summed E-state index contributed by atoms with van der Waals surface area (Å²) in [5.74, 6) is 0. The first-order valence-electron chi connectivity index (χ1n) is 6.22. The minimum absolute atomic E-state index is 0.519. The molecule has 0 aromatic heterocycles. The molecule has 1 heterocycles. The summed E-state index contributed by atoms with van der Waals surface area (Å²) in [5.41, 5.74) is 0.519. The fourth-order valence-electron chi connectivity index (χ4n) is 3.34. The van der Waals surface area contributed by atoms with Gasteiger partial charge in [-0.2, -0.15) is 0 Å². The molecule has 2 nitrogen and oxygen atoms in total. The first kappa shape index (κ1) is 10.4. The van der Waals surface area contributed by atoms with Gasteiger partial charge in [0.1, 0.15) is 0 Å². The van der Waals surface area contributed by atoms with Crippen molar-refractivity contribution < 1.29 is 0 Å². The second-order valence-corrected chi connectivity index (χ2v) is 5.25. The van der Waals surface area contributed by atoms with Crippen LogP contribution in [0.15, 0.2) is 0 Å². The Morgan fingerprint density at radius 3 is 2.50 bits per heavy atom. The van der Waals surface area contributed by atoms with E-state index >= 15 is 0 Å². The molecule has 0 aromatic rings. The zero-order chi connectivity index (χ0) is 10.0. The molecule has 0 bridgehead atoms. The lowest BCUT2D eigenvalue weighted by Gasteiger charge is -2.51. The molecule has 2 aliphatic rings. The predicted octanol–water partition coefficient (Wildman–Crippen LogP) is 2.00. The normalized spacial score (nSPS) is 28.5. The second kappa shape index (κ2) is 4.19. The van der Waals surface area contributed by atoms with Gasteiger partial charge in [-0.3, -0.25) is 4.90 Å². The Balaban J connectivity index is 2.10. The van der Waals surface area contributed by atoms with E-state index in [4.69, 9.17) is 0 Å². The number of hydrogen-bond acceptors (Lipinski definition) is 2. The van der Waals surface area contributed by atoms with Gasteiger partial charge in [-0.25, -0.2) is 0 Å². The Morgan fingerprint density at radius 2 is 1.86 bits per heavy atom. The lowest BCUT2D eigenvalue weighted by molar-refractivity contribution is 0.00362. The fraction of sp³-hybridized carbons (Fsp3) is 1.00. The van der Waals surface area contributed by atoms with Crippen LogP contribution >= 0.6 is 0 Å². The summed E-state index contributed by atoms with van der Waals surface area (Å²) >= 11 is 0. The summed E-state index contributed by atoms with van der Waals surface area (Å²) in [7, 11) is 0. The molecular weight excluding hydrogens is 172 g/mol. The maximum absolute atomic E-state index is 3.59. The topological polar surface area (TPSA) is 15.3 Å². The third-order valence-electron chi connectivity index (χ3n) is 4.00. The average molecular weight is 196 g/mol. The largest absolute Gasteiger partial charge is 0.314 e. The predicted molar refractivity (Wildman–Crippen MR) is 60.5 cm³/mol. The van der Waals surface area contributed by atoms with Crippen molar-refractivity contribution in [2.45, 2.75) is 57.5 Å². The maximum Gasteiger partial charge on any atom is 0.0337 e. The van der Waals surface area contributed by atoms with Gasteiger partial charge in [0.15, 0.2) is 0 Å². The van der Waals surface area contributed by atoms with Crippen LogP contribution in [0.4, 0.5) is 0 Å². The Labute approximate surface area is 88.1 Å². The number of nitrogens with zero attached hydrogens (tertiary/aromatic N) is 1. The summed E-state index contributed by atoms with van der Waals surface area (Å²) in [6.45, 7) is 8.35. The van der Waals surface area contributed by atoms with Crippen LogP contribution in [-0.2, 0) is 0 Å². The van der Waals surface area contributed by atoms with Crippen LogP contribution in [-0.4, -0.2) is 36.1 Å². The van der Waals surface area contributed by atoms with Crippen molar-refractivity contribution in [3.05, 3.63) is 0 Å². The molecule has 0 atom stereocenters. The molecule has 1 aliphatic carbocycles. The minimum atomic E-state index is 0.519. The molecule has 14 heavy (non-hydrogen) atoms. The highest BCUT2D eigenvalue weighted by Crippen LogP contribution is 2.35. The van der Waals surface area contributed by atoms with E-state index in [0.717, 1.165) is 6.04 Å². The fourth-order valence-corrected chi connectivity index (χ4v) is 3.34. The molecule has 0 amide bonds. The zero-order valence-electron chi connectivity index (χ0n) is 9.68. The smallest absolute Gasteiger partial charge is 0.0337 e. The van der Waals surface area contributed by atoms with Crippen LogP contribution in [0, 0.1) is 0 Å². The molecule has 2 rings (SSSR count). The third kappa shape index (κ3) is 1.82. The van der Waals surface area contributed by atoms with Crippen LogP contribution in [0.3, 0.4) is 0 Å². The molecule has 0 radical (unpaired) electrons. The molecule has 1 saturated heterocycles. The Hall–Kier alpha value is -0.0800. The standard InChI is InChI=1S/C12H24N2/c1-11(2)14-9-8-13-10-12(14)6-4-3-5-7-12/h11,13H,3-10H2,1-2H3. The van der Waals surface area contributed by atoms with E-state index in [0.29, 0.717) is 5.54 Å². The molecule has 0 aromatic carbocycles. The van der Waals surface area contributed by atoms with Crippen molar-refractivity contribution in [2.75, 3.05) is 19.6 Å². The van der Waals surface area contributed by atoms with Gasteiger partial charge in [0.25, 0.3) is 0 Å². The van der Waals surface area contributed by atoms with Crippen LogP contribution < -0.4 is 5.32 Å². The molecule has 2 fully saturated rings. The number of rotatable bonds is 1. The third-order valence-corrected chi connectivity index (χ3v) is 4.00. The molecule has 0 unspecified atom stereocenters. The van der Waals surface area contributed by atoms with Crippen molar-refractivity contribution in [3.63, 3.8) is 0 Å². The van der Waals surface area contributed by atoms with E-state index in [9.17, 15) is 0 Å². The molecule has 1 saturated carbocycles. The van der Waals surface area contributed by atoms with E-state index in [-0.39, 0.29) is 0 Å². The first-order chi connectivity index (χ1) is 6.75. The second-order valence-electron chi connectivity index (χ2n) is 5.25. The number of piperazine rings is 1. The Kier molecular flexibility index (Phi) is 3.13. The van der Waals surface area contributed by atoms with Gasteiger partial charge in [0.05, 0.1) is 0 Å². The van der Waals surface area contributed by atoms with Crippen molar-refractivity contribution in [2.24, 2.45) is 0 Å². The van der Waals surface area contributed by atoms with E-state index in [2.05, 4.69) is 24.1 Å². The molecule has 82 valence electrons. The van der Waals surface area contributed by atoms with Gasteiger partial charge in [-0.15, -0.1) is 0 Å². The quantitative estimate of drug-likeness (QED) is 0.690. The van der Waals surface area contributed by atoms with Gasteiger partial charge in [-0.05, 0) is 26.7 Å². The molecule has 1 N–H and O–H groups in total. The highest BCUT2D eigenvalue weighted by atomic mass is 15.3. The summed E-state index contributed by atoms with van der Waals surface area (Å²) in [6.07, 6.45) is 7.15. The highest BCUT2D eigenvalue weighted by molar-refractivity contribution is 4.98. The van der Waals surface area contributed by atoms with Gasteiger partial charge < -0.3 is 5.32 Å². The molecule has 2 heteroatoms. The van der Waals surface area contributed by atoms with Gasteiger partial charge in [-0.1, -0.05) is 19.3 Å². The van der Waals surface area contributed by atoms with Crippen LogP contribution in [0.25, 0.3) is 0 Å². The zero-order valence-corrected chi connectivity index (χ0v) is 9.68. The van der Waals surface area contributed by atoms with E-state index < -0.39 is 0 Å². The minimum Gasteiger partial charge on any atom is -0.314 e. The Bertz CT molecular complexity index is 174. The van der Waals surface area contributed by atoms with Crippen LogP contribution in [0.5, 0.6) is 0 Å². The number of hydrogen-bond donors (Lipinski definition) is 1. The van der Waals surface area contributed by atoms with Crippen LogP contribution in [0.2, 0.25) is 0 Å². The lowest BCUT2D eigenvalue weighted by atomic mass is 9.78. The van der Waals surface area contributed by atoms with Gasteiger partial charge in [0, 0.05) is 31.2 Å². The van der Waals surface area contributed by atoms with Crippen molar-refractivity contribution >= 4 is 0 Å². The lowest BCUT2D eigenvalue weighted by Crippen LogP contribution is -2.63.